The predicted molar refractivity (Wildman–Crippen MR) is 95.6 cm³/mol. The number of ether oxygens (including phenoxy) is 1. The minimum atomic E-state index is -4.66. The van der Waals surface area contributed by atoms with Gasteiger partial charge in [0.05, 0.1) is 19.9 Å². The molecule has 0 bridgehead atoms. The molecule has 0 aliphatic rings. The largest absolute Gasteiger partial charge is 0.453 e. The average molecular weight is 407 g/mol. The molecule has 4 aromatic heterocycles. The van der Waals surface area contributed by atoms with E-state index in [0.717, 1.165) is 25.3 Å². The van der Waals surface area contributed by atoms with Gasteiger partial charge in [-0.05, 0) is 24.4 Å². The molecule has 0 amide bonds. The van der Waals surface area contributed by atoms with Crippen molar-refractivity contribution in [1.29, 1.82) is 0 Å². The fourth-order valence-corrected chi connectivity index (χ4v) is 4.62. The molecule has 0 atom stereocenters. The predicted octanol–water partition coefficient (Wildman–Crippen LogP) is 5.07. The molecule has 6 nitrogen and oxygen atoms in total. The minimum Gasteiger partial charge on any atom is -0.437 e. The van der Waals surface area contributed by atoms with Crippen LogP contribution in [-0.4, -0.2) is 24.8 Å². The number of hydrogen-bond donors (Lipinski definition) is 0. The van der Waals surface area contributed by atoms with Crippen molar-refractivity contribution in [3.63, 3.8) is 0 Å². The second-order valence-electron chi connectivity index (χ2n) is 5.68. The number of thiophene rings is 1. The Balaban J connectivity index is 1.65. The molecule has 0 N–H and O–H groups in total. The lowest BCUT2D eigenvalue weighted by Crippen LogP contribution is -2.12. The maximum atomic E-state index is 13.0. The van der Waals surface area contributed by atoms with Crippen LogP contribution in [0.25, 0.3) is 25.9 Å². The highest BCUT2D eigenvalue weighted by Crippen LogP contribution is 2.40. The van der Waals surface area contributed by atoms with E-state index in [2.05, 4.69) is 20.3 Å². The Hall–Kier alpha value is -2.79. The minimum absolute atomic E-state index is 0.0103. The number of aryl methyl sites for hydroxylation is 1. The van der Waals surface area contributed by atoms with Crippen LogP contribution < -0.4 is 4.74 Å². The summed E-state index contributed by atoms with van der Waals surface area (Å²) in [5.41, 5.74) is 0.889. The van der Waals surface area contributed by atoms with E-state index < -0.39 is 12.0 Å². The zero-order valence-corrected chi connectivity index (χ0v) is 15.1. The number of nitrogens with zero attached hydrogens (tertiary/aromatic N) is 5. The summed E-state index contributed by atoms with van der Waals surface area (Å²) in [6.45, 7) is 1.92. The van der Waals surface area contributed by atoms with Crippen molar-refractivity contribution in [3.05, 3.63) is 40.5 Å². The molecule has 0 aliphatic carbocycles. The van der Waals surface area contributed by atoms with Crippen LogP contribution in [0.3, 0.4) is 0 Å². The Morgan fingerprint density at radius 3 is 2.81 bits per heavy atom. The summed E-state index contributed by atoms with van der Waals surface area (Å²) < 4.78 is 47.5. The standard InChI is InChI=1S/C16H8F3N5OS2/c1-7-20-13-10(27-7)6-9(8-4-5-26-14(8)13)25-12-3-2-11-21-22-15(16(17,18)19)24(11)23-12/h2-6H,1H3. The molecule has 0 fully saturated rings. The SMILES string of the molecule is Cc1nc2c(cc(Oc3ccc4nnc(C(F)(F)F)n4n3)c3ccsc32)s1. The van der Waals surface area contributed by atoms with E-state index in [9.17, 15) is 13.2 Å². The summed E-state index contributed by atoms with van der Waals surface area (Å²) in [6.07, 6.45) is -4.66. The summed E-state index contributed by atoms with van der Waals surface area (Å²) in [5.74, 6) is -0.672. The van der Waals surface area contributed by atoms with Crippen LogP contribution in [0.15, 0.2) is 29.6 Å². The molecule has 5 rings (SSSR count). The first-order valence-corrected chi connectivity index (χ1v) is 9.34. The zero-order valence-electron chi connectivity index (χ0n) is 13.5. The number of halogens is 3. The number of hydrogen-bond acceptors (Lipinski definition) is 7. The monoisotopic (exact) mass is 407 g/mol. The van der Waals surface area contributed by atoms with Crippen LogP contribution in [0, 0.1) is 6.92 Å². The van der Waals surface area contributed by atoms with Gasteiger partial charge in [-0.15, -0.1) is 38.0 Å². The van der Waals surface area contributed by atoms with Gasteiger partial charge in [0, 0.05) is 17.5 Å². The lowest BCUT2D eigenvalue weighted by molar-refractivity contribution is -0.146. The first-order valence-electron chi connectivity index (χ1n) is 7.65. The summed E-state index contributed by atoms with van der Waals surface area (Å²) in [4.78, 5) is 4.55. The van der Waals surface area contributed by atoms with Crippen LogP contribution in [0.4, 0.5) is 13.2 Å². The Labute approximate surface area is 156 Å². The van der Waals surface area contributed by atoms with Crippen LogP contribution in [0.5, 0.6) is 11.6 Å². The van der Waals surface area contributed by atoms with E-state index in [4.69, 9.17) is 4.74 Å². The Morgan fingerprint density at radius 2 is 2.00 bits per heavy atom. The Bertz CT molecular complexity index is 1320. The number of alkyl halides is 3. The first kappa shape index (κ1) is 16.4. The van der Waals surface area contributed by atoms with Gasteiger partial charge in [-0.2, -0.15) is 17.7 Å². The highest BCUT2D eigenvalue weighted by atomic mass is 32.1. The average Bonchev–Trinajstić information content (AvgIpc) is 3.29. The van der Waals surface area contributed by atoms with E-state index >= 15 is 0 Å². The molecule has 0 radical (unpaired) electrons. The lowest BCUT2D eigenvalue weighted by Gasteiger charge is -2.08. The van der Waals surface area contributed by atoms with Crippen molar-refractivity contribution in [2.75, 3.05) is 0 Å². The maximum Gasteiger partial charge on any atom is 0.453 e. The van der Waals surface area contributed by atoms with Crippen LogP contribution in [0.2, 0.25) is 0 Å². The Kier molecular flexibility index (Phi) is 3.40. The van der Waals surface area contributed by atoms with E-state index in [-0.39, 0.29) is 11.5 Å². The summed E-state index contributed by atoms with van der Waals surface area (Å²) in [5, 5.41) is 14.2. The van der Waals surface area contributed by atoms with Crippen LogP contribution >= 0.6 is 22.7 Å². The number of rotatable bonds is 2. The van der Waals surface area contributed by atoms with E-state index in [1.807, 2.05) is 24.4 Å². The van der Waals surface area contributed by atoms with Crippen molar-refractivity contribution >= 4 is 48.6 Å². The van der Waals surface area contributed by atoms with Gasteiger partial charge in [0.2, 0.25) is 5.88 Å². The zero-order chi connectivity index (χ0) is 18.8. The maximum absolute atomic E-state index is 13.0. The summed E-state index contributed by atoms with van der Waals surface area (Å²) in [6, 6.07) is 6.56. The number of thiazole rings is 1. The van der Waals surface area contributed by atoms with E-state index in [0.29, 0.717) is 10.3 Å². The first-order chi connectivity index (χ1) is 12.9. The van der Waals surface area contributed by atoms with Gasteiger partial charge in [0.25, 0.3) is 5.82 Å². The van der Waals surface area contributed by atoms with Crippen molar-refractivity contribution < 1.29 is 17.9 Å². The quantitative estimate of drug-likeness (QED) is 0.409. The van der Waals surface area contributed by atoms with Crippen LogP contribution in [0.1, 0.15) is 10.8 Å². The highest BCUT2D eigenvalue weighted by molar-refractivity contribution is 7.21. The fraction of sp³-hybridized carbons (Fsp3) is 0.125. The molecule has 5 aromatic rings. The summed E-state index contributed by atoms with van der Waals surface area (Å²) in [7, 11) is 0. The van der Waals surface area contributed by atoms with Gasteiger partial charge in [0.15, 0.2) is 5.65 Å². The molecule has 0 saturated carbocycles. The fourth-order valence-electron chi connectivity index (χ4n) is 2.79. The van der Waals surface area contributed by atoms with Crippen molar-refractivity contribution in [2.24, 2.45) is 0 Å². The molecule has 4 heterocycles. The molecule has 0 spiro atoms. The number of aromatic nitrogens is 5. The van der Waals surface area contributed by atoms with Gasteiger partial charge in [-0.25, -0.2) is 4.98 Å². The van der Waals surface area contributed by atoms with E-state index in [1.54, 1.807) is 0 Å². The summed E-state index contributed by atoms with van der Waals surface area (Å²) >= 11 is 3.06. The van der Waals surface area contributed by atoms with Crippen molar-refractivity contribution in [1.82, 2.24) is 24.8 Å². The molecule has 0 aliphatic heterocycles. The van der Waals surface area contributed by atoms with Gasteiger partial charge in [-0.3, -0.25) is 0 Å². The molecule has 27 heavy (non-hydrogen) atoms. The molecule has 0 saturated heterocycles. The third kappa shape index (κ3) is 2.61. The van der Waals surface area contributed by atoms with Crippen molar-refractivity contribution in [2.45, 2.75) is 13.1 Å². The highest BCUT2D eigenvalue weighted by Gasteiger charge is 2.37. The van der Waals surface area contributed by atoms with Gasteiger partial charge in [0.1, 0.15) is 5.75 Å². The van der Waals surface area contributed by atoms with Crippen molar-refractivity contribution in [3.8, 4) is 11.6 Å². The second-order valence-corrected chi connectivity index (χ2v) is 7.83. The molecule has 136 valence electrons. The smallest absolute Gasteiger partial charge is 0.437 e. The normalized spacial score (nSPS) is 12.4. The van der Waals surface area contributed by atoms with Gasteiger partial charge < -0.3 is 4.74 Å². The third-order valence-electron chi connectivity index (χ3n) is 3.87. The third-order valence-corrected chi connectivity index (χ3v) is 5.71. The second kappa shape index (κ2) is 5.60. The van der Waals surface area contributed by atoms with Gasteiger partial charge >= 0.3 is 6.18 Å². The number of fused-ring (bicyclic) bond motifs is 4. The lowest BCUT2D eigenvalue weighted by atomic mass is 10.2. The van der Waals surface area contributed by atoms with Crippen LogP contribution in [-0.2, 0) is 6.18 Å². The molecular formula is C16H8F3N5OS2. The number of benzene rings is 1. The topological polar surface area (TPSA) is 65.2 Å². The molecule has 11 heteroatoms. The molecular weight excluding hydrogens is 399 g/mol. The van der Waals surface area contributed by atoms with Gasteiger partial charge in [-0.1, -0.05) is 0 Å². The molecule has 1 aromatic carbocycles. The molecule has 0 unspecified atom stereocenters. The van der Waals surface area contributed by atoms with E-state index in [1.165, 1.54) is 34.8 Å². The Morgan fingerprint density at radius 1 is 1.15 bits per heavy atom.